The highest BCUT2D eigenvalue weighted by atomic mass is 79.9. The molecule has 0 saturated heterocycles. The lowest BCUT2D eigenvalue weighted by molar-refractivity contribution is -0.139. The Hall–Kier alpha value is -4.47. The van der Waals surface area contributed by atoms with Gasteiger partial charge in [0.15, 0.2) is 16.3 Å². The summed E-state index contributed by atoms with van der Waals surface area (Å²) in [6.07, 6.45) is 1.81. The molecule has 1 aliphatic rings. The predicted octanol–water partition coefficient (Wildman–Crippen LogP) is 6.61. The molecule has 9 heteroatoms. The Morgan fingerprint density at radius 1 is 1.02 bits per heavy atom. The number of benzene rings is 4. The zero-order valence-electron chi connectivity index (χ0n) is 25.3. The van der Waals surface area contributed by atoms with Gasteiger partial charge in [-0.25, -0.2) is 9.79 Å². The maximum atomic E-state index is 14.0. The summed E-state index contributed by atoms with van der Waals surface area (Å²) in [4.78, 5) is 32.4. The monoisotopic (exact) mass is 682 g/mol. The summed E-state index contributed by atoms with van der Waals surface area (Å²) >= 11 is 4.95. The number of esters is 1. The number of carbonyl (C=O) groups excluding carboxylic acids is 1. The zero-order valence-corrected chi connectivity index (χ0v) is 27.7. The Bertz CT molecular complexity index is 2140. The molecule has 0 fully saturated rings. The maximum absolute atomic E-state index is 14.0. The number of rotatable bonds is 8. The number of halogens is 1. The van der Waals surface area contributed by atoms with Gasteiger partial charge in [-0.1, -0.05) is 99.6 Å². The molecule has 7 nitrogen and oxygen atoms in total. The van der Waals surface area contributed by atoms with Gasteiger partial charge in [0, 0.05) is 4.47 Å². The van der Waals surface area contributed by atoms with Crippen molar-refractivity contribution in [2.24, 2.45) is 4.99 Å². The highest BCUT2D eigenvalue weighted by Crippen LogP contribution is 2.35. The molecule has 0 saturated carbocycles. The highest BCUT2D eigenvalue weighted by Gasteiger charge is 2.33. The molecule has 1 aromatic heterocycles. The topological polar surface area (TPSA) is 79.1 Å². The number of hydrogen-bond donors (Lipinski definition) is 0. The van der Waals surface area contributed by atoms with Gasteiger partial charge in [-0.2, -0.15) is 0 Å². The van der Waals surface area contributed by atoms with E-state index in [9.17, 15) is 9.59 Å². The minimum absolute atomic E-state index is 0.220. The highest BCUT2D eigenvalue weighted by molar-refractivity contribution is 9.10. The number of ether oxygens (including phenoxy) is 3. The molecule has 0 amide bonds. The van der Waals surface area contributed by atoms with Crippen molar-refractivity contribution >= 4 is 50.1 Å². The van der Waals surface area contributed by atoms with Crippen LogP contribution < -0.4 is 24.4 Å². The van der Waals surface area contributed by atoms with Gasteiger partial charge in [-0.05, 0) is 66.4 Å². The summed E-state index contributed by atoms with van der Waals surface area (Å²) in [5, 5.41) is 2.29. The molecule has 4 aromatic carbocycles. The van der Waals surface area contributed by atoms with E-state index in [-0.39, 0.29) is 12.2 Å². The predicted molar refractivity (Wildman–Crippen MR) is 181 cm³/mol. The fourth-order valence-corrected chi connectivity index (χ4v) is 6.98. The minimum atomic E-state index is -0.661. The molecule has 0 unspecified atom stereocenters. The molecule has 228 valence electrons. The van der Waals surface area contributed by atoms with Crippen molar-refractivity contribution < 1.29 is 19.0 Å². The number of carbonyl (C=O) groups is 1. The fraction of sp³-hybridized carbons (Fsp3) is 0.194. The van der Waals surface area contributed by atoms with E-state index in [1.54, 1.807) is 31.6 Å². The first-order valence-electron chi connectivity index (χ1n) is 14.5. The lowest BCUT2D eigenvalue weighted by atomic mass is 9.95. The van der Waals surface area contributed by atoms with Gasteiger partial charge >= 0.3 is 5.97 Å². The molecule has 5 aromatic rings. The van der Waals surface area contributed by atoms with Crippen LogP contribution in [-0.4, -0.2) is 24.3 Å². The van der Waals surface area contributed by atoms with E-state index in [0.29, 0.717) is 38.7 Å². The molecular weight excluding hydrogens is 652 g/mol. The SMILES string of the molecule is CCOC(=O)C1=C(C)N=c2s/c(=C/c3cc(OC)c(OCc4cccc5ccccc45)cc3Br)c(=O)n2[C@H]1c1ccc(C)cc1. The molecule has 1 aliphatic heterocycles. The zero-order chi connectivity index (χ0) is 31.7. The molecule has 1 atom stereocenters. The van der Waals surface area contributed by atoms with Crippen LogP contribution in [0.4, 0.5) is 0 Å². The first-order valence-corrected chi connectivity index (χ1v) is 16.1. The lowest BCUT2D eigenvalue weighted by Gasteiger charge is -2.24. The van der Waals surface area contributed by atoms with Crippen molar-refractivity contribution in [1.82, 2.24) is 4.57 Å². The minimum Gasteiger partial charge on any atom is -0.493 e. The summed E-state index contributed by atoms with van der Waals surface area (Å²) < 4.78 is 20.1. The number of methoxy groups -OCH3 is 1. The summed E-state index contributed by atoms with van der Waals surface area (Å²) in [6.45, 7) is 6.12. The third kappa shape index (κ3) is 5.98. The second kappa shape index (κ2) is 12.9. The van der Waals surface area contributed by atoms with Crippen LogP contribution in [0.2, 0.25) is 0 Å². The maximum Gasteiger partial charge on any atom is 0.338 e. The van der Waals surface area contributed by atoms with Gasteiger partial charge < -0.3 is 14.2 Å². The van der Waals surface area contributed by atoms with E-state index >= 15 is 0 Å². The number of aromatic nitrogens is 1. The van der Waals surface area contributed by atoms with E-state index in [4.69, 9.17) is 14.2 Å². The molecule has 0 bridgehead atoms. The smallest absolute Gasteiger partial charge is 0.338 e. The molecule has 0 spiro atoms. The summed E-state index contributed by atoms with van der Waals surface area (Å²) in [5.74, 6) is 0.630. The quantitative estimate of drug-likeness (QED) is 0.172. The van der Waals surface area contributed by atoms with Crippen molar-refractivity contribution in [3.05, 3.63) is 137 Å². The normalized spacial score (nSPS) is 14.7. The second-order valence-corrected chi connectivity index (χ2v) is 12.5. The van der Waals surface area contributed by atoms with Crippen LogP contribution in [0.25, 0.3) is 16.8 Å². The van der Waals surface area contributed by atoms with E-state index in [1.165, 1.54) is 11.3 Å². The van der Waals surface area contributed by atoms with Crippen LogP contribution in [0.3, 0.4) is 0 Å². The second-order valence-electron chi connectivity index (χ2n) is 10.7. The van der Waals surface area contributed by atoms with Crippen LogP contribution in [-0.2, 0) is 16.1 Å². The number of hydrogen-bond acceptors (Lipinski definition) is 7. The van der Waals surface area contributed by atoms with Crippen molar-refractivity contribution in [3.8, 4) is 11.5 Å². The molecule has 0 radical (unpaired) electrons. The van der Waals surface area contributed by atoms with Crippen molar-refractivity contribution in [2.75, 3.05) is 13.7 Å². The van der Waals surface area contributed by atoms with E-state index in [1.807, 2.05) is 61.5 Å². The van der Waals surface area contributed by atoms with Gasteiger partial charge in [0.25, 0.3) is 5.56 Å². The summed E-state index contributed by atoms with van der Waals surface area (Å²) in [5.41, 5.74) is 4.33. The average molecular weight is 684 g/mol. The molecular formula is C36H31BrN2O5S. The van der Waals surface area contributed by atoms with Gasteiger partial charge in [-0.15, -0.1) is 0 Å². The van der Waals surface area contributed by atoms with Crippen LogP contribution in [0.5, 0.6) is 11.5 Å². The van der Waals surface area contributed by atoms with E-state index in [0.717, 1.165) is 37.5 Å². The first-order chi connectivity index (χ1) is 21.8. The third-order valence-corrected chi connectivity index (χ3v) is 9.41. The van der Waals surface area contributed by atoms with Gasteiger partial charge in [0.05, 0.1) is 35.6 Å². The van der Waals surface area contributed by atoms with Crippen molar-refractivity contribution in [3.63, 3.8) is 0 Å². The standard InChI is InChI=1S/C36H31BrN2O5S/c1-5-43-35(41)32-22(3)38-36-39(33(32)24-15-13-21(2)14-16-24)34(40)31(45-36)18-26-17-29(42-4)30(19-28(26)37)44-20-25-11-8-10-23-9-6-7-12-27(23)25/h6-19,33H,5,20H2,1-4H3/b31-18+/t33-/m0/s1. The first kappa shape index (κ1) is 30.6. The third-order valence-electron chi connectivity index (χ3n) is 7.74. The molecule has 2 heterocycles. The fourth-order valence-electron chi connectivity index (χ4n) is 5.50. The van der Waals surface area contributed by atoms with Crippen molar-refractivity contribution in [2.45, 2.75) is 33.4 Å². The number of thiazole rings is 1. The summed E-state index contributed by atoms with van der Waals surface area (Å²) in [6, 6.07) is 25.2. The van der Waals surface area contributed by atoms with Crippen molar-refractivity contribution in [1.29, 1.82) is 0 Å². The number of allylic oxidation sites excluding steroid dienone is 1. The molecule has 45 heavy (non-hydrogen) atoms. The Labute approximate surface area is 272 Å². The molecule has 0 aliphatic carbocycles. The van der Waals surface area contributed by atoms with Gasteiger partial charge in [0.2, 0.25) is 0 Å². The average Bonchev–Trinajstić information content (AvgIpc) is 3.34. The molecule has 0 N–H and O–H groups in total. The Balaban J connectivity index is 1.39. The van der Waals surface area contributed by atoms with E-state index in [2.05, 4.69) is 45.2 Å². The number of fused-ring (bicyclic) bond motifs is 2. The molecule has 6 rings (SSSR count). The largest absolute Gasteiger partial charge is 0.493 e. The van der Waals surface area contributed by atoms with E-state index < -0.39 is 12.0 Å². The van der Waals surface area contributed by atoms with Crippen LogP contribution >= 0.6 is 27.3 Å². The Morgan fingerprint density at radius 2 is 1.78 bits per heavy atom. The Kier molecular flexibility index (Phi) is 8.74. The van der Waals surface area contributed by atoms with Crippen LogP contribution in [0, 0.1) is 6.92 Å². The van der Waals surface area contributed by atoms with Gasteiger partial charge in [-0.3, -0.25) is 9.36 Å². The Morgan fingerprint density at radius 3 is 2.53 bits per heavy atom. The van der Waals surface area contributed by atoms with Gasteiger partial charge in [0.1, 0.15) is 6.61 Å². The van der Waals surface area contributed by atoms with Crippen LogP contribution in [0.1, 0.15) is 42.1 Å². The summed E-state index contributed by atoms with van der Waals surface area (Å²) in [7, 11) is 1.59. The van der Waals surface area contributed by atoms with Crippen LogP contribution in [0.15, 0.2) is 104 Å². The number of aryl methyl sites for hydroxylation is 1. The number of nitrogens with zero attached hydrogens (tertiary/aromatic N) is 2. The lowest BCUT2D eigenvalue weighted by Crippen LogP contribution is -2.39.